The summed E-state index contributed by atoms with van der Waals surface area (Å²) in [6.45, 7) is 0.551. The zero-order valence-electron chi connectivity index (χ0n) is 17.1. The standard InChI is InChI=1S/C20H25N7O4/c28-18(13-26-23-20(22-24-26)27(30)31)25-11-10-14-6-4-5-9-16(14)17(25)12-21-19(29)15-7-2-1-3-8-15/h4-6,9,15,17H,1-3,7-8,10-13H2,(H,21,29)/t17-/m1/s1. The first-order valence-electron chi connectivity index (χ1n) is 10.6. The molecule has 2 aliphatic rings. The molecule has 1 aliphatic heterocycles. The van der Waals surface area contributed by atoms with Crippen molar-refractivity contribution in [1.82, 2.24) is 30.4 Å². The number of nitrogens with one attached hydrogen (secondary N) is 1. The monoisotopic (exact) mass is 427 g/mol. The van der Waals surface area contributed by atoms with Gasteiger partial charge in [-0.1, -0.05) is 48.3 Å². The fourth-order valence-electron chi connectivity index (χ4n) is 4.46. The highest BCUT2D eigenvalue weighted by molar-refractivity contribution is 5.79. The molecule has 1 atom stereocenters. The quantitative estimate of drug-likeness (QED) is 0.543. The van der Waals surface area contributed by atoms with Crippen LogP contribution >= 0.6 is 0 Å². The number of benzene rings is 1. The smallest absolute Gasteiger partial charge is 0.390 e. The molecule has 1 saturated carbocycles. The highest BCUT2D eigenvalue weighted by Gasteiger charge is 2.33. The van der Waals surface area contributed by atoms with Crippen LogP contribution < -0.4 is 5.32 Å². The molecule has 0 radical (unpaired) electrons. The van der Waals surface area contributed by atoms with Gasteiger partial charge in [0.05, 0.1) is 16.2 Å². The number of fused-ring (bicyclic) bond motifs is 1. The maximum Gasteiger partial charge on any atom is 0.514 e. The molecule has 1 aliphatic carbocycles. The molecule has 0 unspecified atom stereocenters. The van der Waals surface area contributed by atoms with E-state index in [0.717, 1.165) is 41.6 Å². The fraction of sp³-hybridized carbons (Fsp3) is 0.550. The Balaban J connectivity index is 1.48. The van der Waals surface area contributed by atoms with Crippen LogP contribution in [0.3, 0.4) is 0 Å². The van der Waals surface area contributed by atoms with Gasteiger partial charge in [0, 0.05) is 24.2 Å². The van der Waals surface area contributed by atoms with Crippen LogP contribution in [-0.4, -0.2) is 54.9 Å². The van der Waals surface area contributed by atoms with E-state index >= 15 is 0 Å². The van der Waals surface area contributed by atoms with E-state index in [1.807, 2.05) is 24.3 Å². The summed E-state index contributed by atoms with van der Waals surface area (Å²) in [4.78, 5) is 38.3. The van der Waals surface area contributed by atoms with E-state index in [9.17, 15) is 19.7 Å². The Bertz CT molecular complexity index is 970. The molecule has 0 spiro atoms. The Morgan fingerprint density at radius 3 is 2.71 bits per heavy atom. The van der Waals surface area contributed by atoms with Gasteiger partial charge in [0.15, 0.2) is 6.54 Å². The first-order chi connectivity index (χ1) is 15.0. The average Bonchev–Trinajstić information content (AvgIpc) is 3.26. The van der Waals surface area contributed by atoms with Crippen LogP contribution in [0.2, 0.25) is 0 Å². The van der Waals surface area contributed by atoms with E-state index in [1.54, 1.807) is 4.90 Å². The lowest BCUT2D eigenvalue weighted by atomic mass is 9.88. The van der Waals surface area contributed by atoms with Crippen molar-refractivity contribution >= 4 is 17.8 Å². The zero-order valence-corrected chi connectivity index (χ0v) is 17.1. The molecule has 1 fully saturated rings. The number of rotatable bonds is 6. The predicted molar refractivity (Wildman–Crippen MR) is 109 cm³/mol. The SMILES string of the molecule is O=C(NC[C@@H]1c2ccccc2CCN1C(=O)Cn1nnc([N+](=O)[O-])n1)C1CCCCC1. The maximum absolute atomic E-state index is 13.0. The zero-order chi connectivity index (χ0) is 21.8. The molecule has 0 bridgehead atoms. The summed E-state index contributed by atoms with van der Waals surface area (Å²) >= 11 is 0. The molecule has 11 nitrogen and oxygen atoms in total. The second-order valence-electron chi connectivity index (χ2n) is 8.01. The van der Waals surface area contributed by atoms with Gasteiger partial charge in [-0.05, 0) is 35.3 Å². The molecule has 2 heterocycles. The van der Waals surface area contributed by atoms with Gasteiger partial charge in [-0.25, -0.2) is 0 Å². The minimum absolute atomic E-state index is 0.0385. The second kappa shape index (κ2) is 9.19. The summed E-state index contributed by atoms with van der Waals surface area (Å²) < 4.78 is 0. The van der Waals surface area contributed by atoms with Gasteiger partial charge in [-0.15, -0.1) is 0 Å². The van der Waals surface area contributed by atoms with Gasteiger partial charge >= 0.3 is 5.95 Å². The van der Waals surface area contributed by atoms with E-state index in [1.165, 1.54) is 6.42 Å². The molecule has 11 heteroatoms. The number of nitrogens with zero attached hydrogens (tertiary/aromatic N) is 6. The van der Waals surface area contributed by atoms with E-state index in [-0.39, 0.29) is 30.3 Å². The summed E-state index contributed by atoms with van der Waals surface area (Å²) in [7, 11) is 0. The summed E-state index contributed by atoms with van der Waals surface area (Å²) in [6, 6.07) is 7.58. The molecule has 4 rings (SSSR count). The molecular weight excluding hydrogens is 402 g/mol. The Hall–Kier alpha value is -3.37. The number of aromatic nitrogens is 4. The van der Waals surface area contributed by atoms with Crippen molar-refractivity contribution in [2.24, 2.45) is 5.92 Å². The first-order valence-corrected chi connectivity index (χ1v) is 10.6. The Labute approximate surface area is 178 Å². The molecular formula is C20H25N7O4. The molecule has 1 aromatic heterocycles. The van der Waals surface area contributed by atoms with Crippen LogP contribution in [0.1, 0.15) is 49.3 Å². The normalized spacial score (nSPS) is 19.0. The van der Waals surface area contributed by atoms with Gasteiger partial charge < -0.3 is 20.3 Å². The van der Waals surface area contributed by atoms with Crippen molar-refractivity contribution in [3.05, 3.63) is 45.5 Å². The molecule has 1 N–H and O–H groups in total. The summed E-state index contributed by atoms with van der Waals surface area (Å²) in [5.41, 5.74) is 2.15. The van der Waals surface area contributed by atoms with E-state index in [2.05, 4.69) is 20.7 Å². The summed E-state index contributed by atoms with van der Waals surface area (Å²) in [5.74, 6) is -0.841. The van der Waals surface area contributed by atoms with Crippen molar-refractivity contribution in [3.8, 4) is 0 Å². The maximum atomic E-state index is 13.0. The Morgan fingerprint density at radius 1 is 1.19 bits per heavy atom. The van der Waals surface area contributed by atoms with Crippen LogP contribution in [0.5, 0.6) is 0 Å². The topological polar surface area (TPSA) is 136 Å². The Kier molecular flexibility index (Phi) is 6.19. The van der Waals surface area contributed by atoms with Gasteiger partial charge in [0.1, 0.15) is 0 Å². The number of amides is 2. The van der Waals surface area contributed by atoms with Crippen molar-refractivity contribution in [2.45, 2.75) is 51.1 Å². The third kappa shape index (κ3) is 4.70. The summed E-state index contributed by atoms with van der Waals surface area (Å²) in [5, 5.41) is 24.4. The minimum atomic E-state index is -0.755. The lowest BCUT2D eigenvalue weighted by Crippen LogP contribution is -2.47. The van der Waals surface area contributed by atoms with Crippen LogP contribution in [0, 0.1) is 16.0 Å². The van der Waals surface area contributed by atoms with Crippen molar-refractivity contribution in [1.29, 1.82) is 0 Å². The number of hydrogen-bond acceptors (Lipinski definition) is 7. The molecule has 31 heavy (non-hydrogen) atoms. The summed E-state index contributed by atoms with van der Waals surface area (Å²) in [6.07, 6.45) is 5.84. The highest BCUT2D eigenvalue weighted by Crippen LogP contribution is 2.30. The van der Waals surface area contributed by atoms with Crippen molar-refractivity contribution in [2.75, 3.05) is 13.1 Å². The molecule has 2 aromatic rings. The van der Waals surface area contributed by atoms with Crippen LogP contribution in [0.25, 0.3) is 0 Å². The van der Waals surface area contributed by atoms with E-state index in [4.69, 9.17) is 0 Å². The second-order valence-corrected chi connectivity index (χ2v) is 8.01. The van der Waals surface area contributed by atoms with Crippen molar-refractivity contribution in [3.63, 3.8) is 0 Å². The van der Waals surface area contributed by atoms with Crippen LogP contribution in [-0.2, 0) is 22.6 Å². The number of tetrazole rings is 1. The van der Waals surface area contributed by atoms with Gasteiger partial charge in [0.25, 0.3) is 0 Å². The van der Waals surface area contributed by atoms with E-state index < -0.39 is 10.9 Å². The lowest BCUT2D eigenvalue weighted by molar-refractivity contribution is -0.394. The minimum Gasteiger partial charge on any atom is -0.390 e. The number of nitro groups is 1. The highest BCUT2D eigenvalue weighted by atomic mass is 16.6. The van der Waals surface area contributed by atoms with Crippen LogP contribution in [0.15, 0.2) is 24.3 Å². The largest absolute Gasteiger partial charge is 0.514 e. The number of hydrogen-bond donors (Lipinski definition) is 1. The van der Waals surface area contributed by atoms with Crippen LogP contribution in [0.4, 0.5) is 5.95 Å². The lowest BCUT2D eigenvalue weighted by Gasteiger charge is -2.37. The number of carbonyl (C=O) groups excluding carboxylic acids is 2. The van der Waals surface area contributed by atoms with Crippen molar-refractivity contribution < 1.29 is 14.5 Å². The average molecular weight is 427 g/mol. The van der Waals surface area contributed by atoms with Gasteiger partial charge in [-0.2, -0.15) is 0 Å². The molecule has 2 amide bonds. The van der Waals surface area contributed by atoms with Gasteiger partial charge in [-0.3, -0.25) is 9.59 Å². The third-order valence-electron chi connectivity index (χ3n) is 6.06. The molecule has 0 saturated heterocycles. The van der Waals surface area contributed by atoms with Gasteiger partial charge in [0.2, 0.25) is 11.8 Å². The number of carbonyl (C=O) groups is 2. The van der Waals surface area contributed by atoms with E-state index in [0.29, 0.717) is 19.5 Å². The molecule has 1 aromatic carbocycles. The Morgan fingerprint density at radius 2 is 1.97 bits per heavy atom. The fourth-order valence-corrected chi connectivity index (χ4v) is 4.46. The first kappa shape index (κ1) is 20.9. The molecule has 164 valence electrons. The third-order valence-corrected chi connectivity index (χ3v) is 6.06. The predicted octanol–water partition coefficient (Wildman–Crippen LogP) is 1.40.